The molecule has 2 rings (SSSR count). The van der Waals surface area contributed by atoms with Crippen molar-refractivity contribution in [3.05, 3.63) is 22.2 Å². The molecule has 0 aliphatic heterocycles. The molecule has 1 aromatic carbocycles. The average Bonchev–Trinajstić information content (AvgIpc) is 2.62. The standard InChI is InChI=1S/C7H5N3O3S/c1-13-5-3-2-4-6(9-14-8-4)7(5)10(11)12/h2-3H,1H3. The van der Waals surface area contributed by atoms with Crippen molar-refractivity contribution < 1.29 is 9.66 Å². The second-order valence-electron chi connectivity index (χ2n) is 2.51. The smallest absolute Gasteiger partial charge is 0.339 e. The van der Waals surface area contributed by atoms with Crippen LogP contribution in [0.5, 0.6) is 5.75 Å². The number of hydrogen-bond donors (Lipinski definition) is 0. The normalized spacial score (nSPS) is 10.4. The molecule has 2 aromatic rings. The Morgan fingerprint density at radius 3 is 2.93 bits per heavy atom. The molecule has 0 saturated carbocycles. The molecule has 0 N–H and O–H groups in total. The minimum absolute atomic E-state index is 0.126. The number of nitrogens with zero attached hydrogens (tertiary/aromatic N) is 3. The lowest BCUT2D eigenvalue weighted by molar-refractivity contribution is -0.384. The number of nitro groups is 1. The summed E-state index contributed by atoms with van der Waals surface area (Å²) in [4.78, 5) is 10.2. The number of aromatic nitrogens is 2. The van der Waals surface area contributed by atoms with Crippen molar-refractivity contribution >= 4 is 28.4 Å². The molecule has 0 amide bonds. The predicted octanol–water partition coefficient (Wildman–Crippen LogP) is 1.61. The van der Waals surface area contributed by atoms with Crippen LogP contribution in [0, 0.1) is 10.1 Å². The van der Waals surface area contributed by atoms with E-state index in [1.165, 1.54) is 13.2 Å². The third kappa shape index (κ3) is 1.18. The van der Waals surface area contributed by atoms with Gasteiger partial charge in [-0.3, -0.25) is 10.1 Å². The molecule has 0 bridgehead atoms. The zero-order valence-corrected chi connectivity index (χ0v) is 7.95. The van der Waals surface area contributed by atoms with Gasteiger partial charge >= 0.3 is 5.69 Å². The molecule has 0 spiro atoms. The number of methoxy groups -OCH3 is 1. The zero-order valence-electron chi connectivity index (χ0n) is 7.13. The molecule has 6 nitrogen and oxygen atoms in total. The van der Waals surface area contributed by atoms with Crippen LogP contribution >= 0.6 is 11.7 Å². The maximum absolute atomic E-state index is 10.8. The highest BCUT2D eigenvalue weighted by Gasteiger charge is 2.21. The fourth-order valence-corrected chi connectivity index (χ4v) is 1.70. The quantitative estimate of drug-likeness (QED) is 0.557. The molecule has 72 valence electrons. The van der Waals surface area contributed by atoms with Crippen LogP contribution in [-0.4, -0.2) is 20.8 Å². The first kappa shape index (κ1) is 8.82. The van der Waals surface area contributed by atoms with Crippen molar-refractivity contribution in [2.75, 3.05) is 7.11 Å². The van der Waals surface area contributed by atoms with Gasteiger partial charge in [-0.05, 0) is 12.1 Å². The van der Waals surface area contributed by atoms with E-state index in [0.29, 0.717) is 5.52 Å². The molecule has 14 heavy (non-hydrogen) atoms. The lowest BCUT2D eigenvalue weighted by Gasteiger charge is -1.99. The molecular formula is C7H5N3O3S. The Morgan fingerprint density at radius 1 is 1.50 bits per heavy atom. The summed E-state index contributed by atoms with van der Waals surface area (Å²) in [7, 11) is 1.38. The fraction of sp³-hybridized carbons (Fsp3) is 0.143. The summed E-state index contributed by atoms with van der Waals surface area (Å²) < 4.78 is 12.6. The van der Waals surface area contributed by atoms with E-state index in [1.54, 1.807) is 6.07 Å². The lowest BCUT2D eigenvalue weighted by atomic mass is 10.2. The van der Waals surface area contributed by atoms with Gasteiger partial charge in [0.2, 0.25) is 0 Å². The van der Waals surface area contributed by atoms with Crippen molar-refractivity contribution in [1.29, 1.82) is 0 Å². The lowest BCUT2D eigenvalue weighted by Crippen LogP contribution is -1.94. The van der Waals surface area contributed by atoms with E-state index in [2.05, 4.69) is 8.75 Å². The van der Waals surface area contributed by atoms with Crippen LogP contribution in [0.3, 0.4) is 0 Å². The number of nitro benzene ring substituents is 1. The molecular weight excluding hydrogens is 206 g/mol. The third-order valence-electron chi connectivity index (χ3n) is 1.77. The molecule has 0 atom stereocenters. The minimum Gasteiger partial charge on any atom is -0.490 e. The van der Waals surface area contributed by atoms with Gasteiger partial charge in [0.25, 0.3) is 0 Å². The van der Waals surface area contributed by atoms with Gasteiger partial charge in [-0.2, -0.15) is 8.75 Å². The molecule has 0 fully saturated rings. The summed E-state index contributed by atoms with van der Waals surface area (Å²) in [5.74, 6) is 0.204. The number of benzene rings is 1. The van der Waals surface area contributed by atoms with E-state index in [0.717, 1.165) is 11.7 Å². The number of rotatable bonds is 2. The molecule has 0 radical (unpaired) electrons. The topological polar surface area (TPSA) is 78.2 Å². The summed E-state index contributed by atoms with van der Waals surface area (Å²) >= 11 is 0.944. The summed E-state index contributed by atoms with van der Waals surface area (Å²) in [5, 5.41) is 10.8. The highest BCUT2D eigenvalue weighted by Crippen LogP contribution is 2.33. The van der Waals surface area contributed by atoms with Crippen LogP contribution in [0.1, 0.15) is 0 Å². The van der Waals surface area contributed by atoms with E-state index in [4.69, 9.17) is 4.74 Å². The highest BCUT2D eigenvalue weighted by atomic mass is 32.1. The van der Waals surface area contributed by atoms with Gasteiger partial charge in [0.05, 0.1) is 23.8 Å². The second kappa shape index (κ2) is 3.18. The van der Waals surface area contributed by atoms with E-state index in [-0.39, 0.29) is 17.0 Å². The molecule has 0 saturated heterocycles. The van der Waals surface area contributed by atoms with Crippen molar-refractivity contribution in [3.8, 4) is 5.75 Å². The molecule has 1 heterocycles. The van der Waals surface area contributed by atoms with Gasteiger partial charge < -0.3 is 4.74 Å². The molecule has 0 aliphatic carbocycles. The molecule has 7 heteroatoms. The average molecular weight is 211 g/mol. The zero-order chi connectivity index (χ0) is 10.1. The Morgan fingerprint density at radius 2 is 2.29 bits per heavy atom. The van der Waals surface area contributed by atoms with Crippen molar-refractivity contribution in [3.63, 3.8) is 0 Å². The van der Waals surface area contributed by atoms with Crippen LogP contribution in [-0.2, 0) is 0 Å². The maximum Gasteiger partial charge on any atom is 0.339 e. The van der Waals surface area contributed by atoms with E-state index in [9.17, 15) is 10.1 Å². The molecule has 0 aliphatic rings. The van der Waals surface area contributed by atoms with Crippen LogP contribution in [0.15, 0.2) is 12.1 Å². The number of ether oxygens (including phenoxy) is 1. The van der Waals surface area contributed by atoms with Gasteiger partial charge in [-0.15, -0.1) is 0 Å². The second-order valence-corrected chi connectivity index (χ2v) is 3.03. The van der Waals surface area contributed by atoms with E-state index < -0.39 is 4.92 Å². The highest BCUT2D eigenvalue weighted by molar-refractivity contribution is 7.00. The predicted molar refractivity (Wildman–Crippen MR) is 50.6 cm³/mol. The van der Waals surface area contributed by atoms with Crippen LogP contribution in [0.2, 0.25) is 0 Å². The summed E-state index contributed by atoms with van der Waals surface area (Å²) in [5.41, 5.74) is 0.667. The number of hydrogen-bond acceptors (Lipinski definition) is 6. The summed E-state index contributed by atoms with van der Waals surface area (Å²) in [6, 6.07) is 3.16. The number of fused-ring (bicyclic) bond motifs is 1. The van der Waals surface area contributed by atoms with Gasteiger partial charge in [0, 0.05) is 0 Å². The monoisotopic (exact) mass is 211 g/mol. The Kier molecular flexibility index (Phi) is 2.01. The Hall–Kier alpha value is -1.76. The SMILES string of the molecule is COc1ccc2nsnc2c1[N+](=O)[O-]. The Balaban J connectivity index is 2.82. The van der Waals surface area contributed by atoms with Gasteiger partial charge in [-0.25, -0.2) is 0 Å². The first-order valence-electron chi connectivity index (χ1n) is 3.67. The Labute approximate surface area is 82.6 Å². The van der Waals surface area contributed by atoms with Crippen molar-refractivity contribution in [1.82, 2.24) is 8.75 Å². The maximum atomic E-state index is 10.8. The largest absolute Gasteiger partial charge is 0.490 e. The molecule has 0 unspecified atom stereocenters. The third-order valence-corrected chi connectivity index (χ3v) is 2.31. The van der Waals surface area contributed by atoms with Gasteiger partial charge in [0.1, 0.15) is 5.52 Å². The van der Waals surface area contributed by atoms with Crippen molar-refractivity contribution in [2.45, 2.75) is 0 Å². The summed E-state index contributed by atoms with van der Waals surface area (Å²) in [6.07, 6.45) is 0. The first-order chi connectivity index (χ1) is 6.74. The van der Waals surface area contributed by atoms with E-state index in [1.807, 2.05) is 0 Å². The van der Waals surface area contributed by atoms with Crippen LogP contribution in [0.4, 0.5) is 5.69 Å². The van der Waals surface area contributed by atoms with Crippen LogP contribution < -0.4 is 4.74 Å². The first-order valence-corrected chi connectivity index (χ1v) is 4.40. The Bertz CT molecular complexity index is 496. The van der Waals surface area contributed by atoms with Crippen LogP contribution in [0.25, 0.3) is 11.0 Å². The molecule has 1 aromatic heterocycles. The van der Waals surface area contributed by atoms with Crippen molar-refractivity contribution in [2.24, 2.45) is 0 Å². The summed E-state index contributed by atoms with van der Waals surface area (Å²) in [6.45, 7) is 0. The van der Waals surface area contributed by atoms with Gasteiger partial charge in [-0.1, -0.05) is 0 Å². The van der Waals surface area contributed by atoms with Gasteiger partial charge in [0.15, 0.2) is 11.3 Å². The van der Waals surface area contributed by atoms with E-state index >= 15 is 0 Å². The minimum atomic E-state index is -0.511. The fourth-order valence-electron chi connectivity index (χ4n) is 1.16.